The van der Waals surface area contributed by atoms with Crippen molar-refractivity contribution in [1.29, 1.82) is 0 Å². The van der Waals surface area contributed by atoms with Crippen LogP contribution in [0.1, 0.15) is 36.5 Å². The SMILES string of the molecule is CCCCc1cccc(C)c1OCc1cn[nH]c1. The molecule has 1 heterocycles. The third-order valence-corrected chi connectivity index (χ3v) is 3.03. The Bertz CT molecular complexity index is 477. The molecule has 0 spiro atoms. The first-order valence-electron chi connectivity index (χ1n) is 6.50. The van der Waals surface area contributed by atoms with Gasteiger partial charge < -0.3 is 4.74 Å². The average Bonchev–Trinajstić information content (AvgIpc) is 2.88. The number of ether oxygens (including phenoxy) is 1. The molecule has 96 valence electrons. The summed E-state index contributed by atoms with van der Waals surface area (Å²) in [6, 6.07) is 6.36. The van der Waals surface area contributed by atoms with Crippen LogP contribution in [0.2, 0.25) is 0 Å². The van der Waals surface area contributed by atoms with Crippen molar-refractivity contribution in [1.82, 2.24) is 10.2 Å². The zero-order valence-corrected chi connectivity index (χ0v) is 11.1. The van der Waals surface area contributed by atoms with Crippen LogP contribution in [0.3, 0.4) is 0 Å². The molecular weight excluding hydrogens is 224 g/mol. The van der Waals surface area contributed by atoms with Crippen LogP contribution in [-0.4, -0.2) is 10.2 Å². The second kappa shape index (κ2) is 6.24. The van der Waals surface area contributed by atoms with Crippen molar-refractivity contribution in [2.45, 2.75) is 39.7 Å². The molecule has 0 aliphatic carbocycles. The van der Waals surface area contributed by atoms with Gasteiger partial charge in [0.25, 0.3) is 0 Å². The highest BCUT2D eigenvalue weighted by Crippen LogP contribution is 2.25. The normalized spacial score (nSPS) is 10.6. The Balaban J connectivity index is 2.09. The topological polar surface area (TPSA) is 37.9 Å². The van der Waals surface area contributed by atoms with Gasteiger partial charge in [0.05, 0.1) is 6.20 Å². The molecule has 3 heteroatoms. The van der Waals surface area contributed by atoms with Gasteiger partial charge in [-0.3, -0.25) is 5.10 Å². The molecule has 0 bridgehead atoms. The highest BCUT2D eigenvalue weighted by molar-refractivity contribution is 5.41. The smallest absolute Gasteiger partial charge is 0.125 e. The number of nitrogens with one attached hydrogen (secondary N) is 1. The first kappa shape index (κ1) is 12.7. The molecule has 2 rings (SSSR count). The Labute approximate surface area is 108 Å². The minimum absolute atomic E-state index is 0.570. The number of unbranched alkanes of at least 4 members (excludes halogenated alkanes) is 1. The van der Waals surface area contributed by atoms with E-state index < -0.39 is 0 Å². The van der Waals surface area contributed by atoms with Crippen molar-refractivity contribution in [3.63, 3.8) is 0 Å². The summed E-state index contributed by atoms with van der Waals surface area (Å²) in [6.07, 6.45) is 7.15. The number of hydrogen-bond acceptors (Lipinski definition) is 2. The Hall–Kier alpha value is -1.77. The minimum atomic E-state index is 0.570. The minimum Gasteiger partial charge on any atom is -0.488 e. The van der Waals surface area contributed by atoms with E-state index in [4.69, 9.17) is 4.74 Å². The third-order valence-electron chi connectivity index (χ3n) is 3.03. The molecule has 0 atom stereocenters. The lowest BCUT2D eigenvalue weighted by Crippen LogP contribution is -2.00. The lowest BCUT2D eigenvalue weighted by Gasteiger charge is -2.13. The summed E-state index contributed by atoms with van der Waals surface area (Å²) < 4.78 is 5.95. The quantitative estimate of drug-likeness (QED) is 0.842. The van der Waals surface area contributed by atoms with Gasteiger partial charge in [-0.25, -0.2) is 0 Å². The molecule has 0 saturated heterocycles. The van der Waals surface area contributed by atoms with Gasteiger partial charge in [-0.05, 0) is 30.9 Å². The van der Waals surface area contributed by atoms with E-state index in [1.54, 1.807) is 6.20 Å². The summed E-state index contributed by atoms with van der Waals surface area (Å²) in [7, 11) is 0. The molecule has 3 nitrogen and oxygen atoms in total. The van der Waals surface area contributed by atoms with Crippen molar-refractivity contribution < 1.29 is 4.74 Å². The predicted octanol–water partition coefficient (Wildman–Crippen LogP) is 3.64. The van der Waals surface area contributed by atoms with E-state index in [0.717, 1.165) is 17.7 Å². The molecule has 1 N–H and O–H groups in total. The van der Waals surface area contributed by atoms with Crippen LogP contribution in [0.25, 0.3) is 0 Å². The number of para-hydroxylation sites is 1. The molecule has 0 unspecified atom stereocenters. The number of rotatable bonds is 6. The van der Waals surface area contributed by atoms with Crippen LogP contribution < -0.4 is 4.74 Å². The van der Waals surface area contributed by atoms with E-state index in [0.29, 0.717) is 6.61 Å². The molecule has 0 aliphatic rings. The molecule has 0 radical (unpaired) electrons. The first-order valence-corrected chi connectivity index (χ1v) is 6.50. The highest BCUT2D eigenvalue weighted by atomic mass is 16.5. The summed E-state index contributed by atoms with van der Waals surface area (Å²) in [4.78, 5) is 0. The molecule has 18 heavy (non-hydrogen) atoms. The lowest BCUT2D eigenvalue weighted by molar-refractivity contribution is 0.300. The predicted molar refractivity (Wildman–Crippen MR) is 72.7 cm³/mol. The summed E-state index contributed by atoms with van der Waals surface area (Å²) >= 11 is 0. The summed E-state index contributed by atoms with van der Waals surface area (Å²) in [5.41, 5.74) is 3.58. The zero-order valence-electron chi connectivity index (χ0n) is 11.1. The number of aryl methyl sites for hydroxylation is 2. The van der Waals surface area contributed by atoms with Gasteiger partial charge in [0.15, 0.2) is 0 Å². The van der Waals surface area contributed by atoms with Crippen LogP contribution >= 0.6 is 0 Å². The van der Waals surface area contributed by atoms with E-state index in [1.165, 1.54) is 24.0 Å². The Morgan fingerprint density at radius 1 is 1.33 bits per heavy atom. The highest BCUT2D eigenvalue weighted by Gasteiger charge is 2.07. The van der Waals surface area contributed by atoms with Crippen LogP contribution in [-0.2, 0) is 13.0 Å². The van der Waals surface area contributed by atoms with Crippen LogP contribution in [0.15, 0.2) is 30.6 Å². The van der Waals surface area contributed by atoms with Crippen LogP contribution in [0, 0.1) is 6.92 Å². The first-order chi connectivity index (χ1) is 8.81. The van der Waals surface area contributed by atoms with E-state index in [-0.39, 0.29) is 0 Å². The molecule has 0 amide bonds. The standard InChI is InChI=1S/C15H20N2O/c1-3-4-7-14-8-5-6-12(2)15(14)18-11-13-9-16-17-10-13/h5-6,8-10H,3-4,7,11H2,1-2H3,(H,16,17). The number of aromatic amines is 1. The Morgan fingerprint density at radius 3 is 2.94 bits per heavy atom. The summed E-state index contributed by atoms with van der Waals surface area (Å²) in [5.74, 6) is 1.03. The van der Waals surface area contributed by atoms with Crippen molar-refractivity contribution in [2.75, 3.05) is 0 Å². The molecule has 2 aromatic rings. The average molecular weight is 244 g/mol. The van der Waals surface area contributed by atoms with Crippen molar-refractivity contribution in [2.24, 2.45) is 0 Å². The van der Waals surface area contributed by atoms with Crippen molar-refractivity contribution in [3.05, 3.63) is 47.3 Å². The number of H-pyrrole nitrogens is 1. The second-order valence-corrected chi connectivity index (χ2v) is 4.56. The molecule has 0 fully saturated rings. The maximum Gasteiger partial charge on any atom is 0.125 e. The number of benzene rings is 1. The van der Waals surface area contributed by atoms with Crippen LogP contribution in [0.5, 0.6) is 5.75 Å². The van der Waals surface area contributed by atoms with Crippen molar-refractivity contribution >= 4 is 0 Å². The van der Waals surface area contributed by atoms with Crippen LogP contribution in [0.4, 0.5) is 0 Å². The van der Waals surface area contributed by atoms with Gasteiger partial charge in [0.1, 0.15) is 12.4 Å². The van der Waals surface area contributed by atoms with E-state index in [2.05, 4.69) is 42.2 Å². The second-order valence-electron chi connectivity index (χ2n) is 4.56. The number of hydrogen-bond donors (Lipinski definition) is 1. The lowest BCUT2D eigenvalue weighted by atomic mass is 10.0. The molecule has 0 aliphatic heterocycles. The van der Waals surface area contributed by atoms with Gasteiger partial charge >= 0.3 is 0 Å². The van der Waals surface area contributed by atoms with E-state index in [1.807, 2.05) is 6.20 Å². The van der Waals surface area contributed by atoms with Gasteiger partial charge in [0, 0.05) is 11.8 Å². The fourth-order valence-electron chi connectivity index (χ4n) is 2.00. The molecule has 0 saturated carbocycles. The molecule has 1 aromatic heterocycles. The third kappa shape index (κ3) is 3.13. The molecular formula is C15H20N2O. The van der Waals surface area contributed by atoms with Gasteiger partial charge in [-0.2, -0.15) is 5.10 Å². The Kier molecular flexibility index (Phi) is 4.40. The number of nitrogens with zero attached hydrogens (tertiary/aromatic N) is 1. The van der Waals surface area contributed by atoms with E-state index in [9.17, 15) is 0 Å². The number of aromatic nitrogens is 2. The largest absolute Gasteiger partial charge is 0.488 e. The van der Waals surface area contributed by atoms with E-state index >= 15 is 0 Å². The zero-order chi connectivity index (χ0) is 12.8. The maximum atomic E-state index is 5.95. The van der Waals surface area contributed by atoms with Gasteiger partial charge in [-0.1, -0.05) is 31.5 Å². The fourth-order valence-corrected chi connectivity index (χ4v) is 2.00. The van der Waals surface area contributed by atoms with Gasteiger partial charge in [-0.15, -0.1) is 0 Å². The monoisotopic (exact) mass is 244 g/mol. The Morgan fingerprint density at radius 2 is 2.22 bits per heavy atom. The fraction of sp³-hybridized carbons (Fsp3) is 0.400. The summed E-state index contributed by atoms with van der Waals surface area (Å²) in [5, 5.41) is 6.72. The maximum absolute atomic E-state index is 5.95. The molecule has 1 aromatic carbocycles. The van der Waals surface area contributed by atoms with Gasteiger partial charge in [0.2, 0.25) is 0 Å². The van der Waals surface area contributed by atoms with Crippen molar-refractivity contribution in [3.8, 4) is 5.75 Å². The summed E-state index contributed by atoms with van der Waals surface area (Å²) in [6.45, 7) is 4.88.